The van der Waals surface area contributed by atoms with Gasteiger partial charge in [-0.3, -0.25) is 4.79 Å². The summed E-state index contributed by atoms with van der Waals surface area (Å²) < 4.78 is 5.14. The summed E-state index contributed by atoms with van der Waals surface area (Å²) in [5.41, 5.74) is -0.684. The third kappa shape index (κ3) is 5.24. The van der Waals surface area contributed by atoms with Gasteiger partial charge in [0, 0.05) is 18.9 Å². The fourth-order valence-electron chi connectivity index (χ4n) is 1.26. The molecule has 0 aromatic rings. The van der Waals surface area contributed by atoms with Crippen LogP contribution in [0.4, 0.5) is 0 Å². The highest BCUT2D eigenvalue weighted by atomic mass is 16.6. The minimum Gasteiger partial charge on any atom is -0.455 e. The second-order valence-electron chi connectivity index (χ2n) is 5.63. The van der Waals surface area contributed by atoms with Gasteiger partial charge in [0.25, 0.3) is 0 Å². The Morgan fingerprint density at radius 1 is 1.26 bits per heavy atom. The van der Waals surface area contributed by atoms with Gasteiger partial charge < -0.3 is 14.4 Å². The molecule has 0 bridgehead atoms. The number of carbonyl (C=O) groups excluding carboxylic acids is 3. The summed E-state index contributed by atoms with van der Waals surface area (Å²) in [5, 5.41) is 0. The average Bonchev–Trinajstić information content (AvgIpc) is 2.31. The fraction of sp³-hybridized carbons (Fsp3) is 0.643. The lowest BCUT2D eigenvalue weighted by atomic mass is 9.96. The molecule has 0 saturated heterocycles. The van der Waals surface area contributed by atoms with E-state index in [0.29, 0.717) is 6.29 Å². The Labute approximate surface area is 114 Å². The van der Waals surface area contributed by atoms with Gasteiger partial charge in [-0.05, 0) is 20.8 Å². The molecule has 0 fully saturated rings. The summed E-state index contributed by atoms with van der Waals surface area (Å²) in [6.07, 6.45) is 0.715. The standard InChI is InChI=1S/C14H23NO4/c1-9(8-16)10(2)12(17)15(7)11(3)13(18)19-14(4,5)6/h8-10H,3H2,1-2,4-7H3. The number of nitrogens with zero attached hydrogens (tertiary/aromatic N) is 1. The molecule has 0 N–H and O–H groups in total. The molecule has 108 valence electrons. The van der Waals surface area contributed by atoms with Crippen LogP contribution >= 0.6 is 0 Å². The van der Waals surface area contributed by atoms with Gasteiger partial charge in [-0.15, -0.1) is 0 Å². The van der Waals surface area contributed by atoms with Gasteiger partial charge >= 0.3 is 5.97 Å². The van der Waals surface area contributed by atoms with Crippen LogP contribution in [0.5, 0.6) is 0 Å². The van der Waals surface area contributed by atoms with Crippen molar-refractivity contribution in [2.24, 2.45) is 11.8 Å². The average molecular weight is 269 g/mol. The van der Waals surface area contributed by atoms with Crippen molar-refractivity contribution in [3.8, 4) is 0 Å². The maximum absolute atomic E-state index is 12.1. The molecule has 0 radical (unpaired) electrons. The number of esters is 1. The second kappa shape index (κ2) is 6.50. The van der Waals surface area contributed by atoms with E-state index in [1.807, 2.05) is 0 Å². The van der Waals surface area contributed by atoms with Crippen LogP contribution in [0.2, 0.25) is 0 Å². The zero-order chi connectivity index (χ0) is 15.4. The van der Waals surface area contributed by atoms with Crippen LogP contribution in [0, 0.1) is 11.8 Å². The molecule has 0 heterocycles. The summed E-state index contributed by atoms with van der Waals surface area (Å²) in [7, 11) is 1.45. The number of amides is 1. The number of rotatable bonds is 5. The zero-order valence-electron chi connectivity index (χ0n) is 12.5. The van der Waals surface area contributed by atoms with Gasteiger partial charge in [-0.2, -0.15) is 0 Å². The highest BCUT2D eigenvalue weighted by Crippen LogP contribution is 2.16. The molecular formula is C14H23NO4. The highest BCUT2D eigenvalue weighted by molar-refractivity contribution is 5.94. The van der Waals surface area contributed by atoms with Crippen molar-refractivity contribution in [1.82, 2.24) is 4.90 Å². The van der Waals surface area contributed by atoms with Crippen molar-refractivity contribution in [2.75, 3.05) is 7.05 Å². The normalized spacial score (nSPS) is 14.2. The topological polar surface area (TPSA) is 63.7 Å². The largest absolute Gasteiger partial charge is 0.455 e. The van der Waals surface area contributed by atoms with Gasteiger partial charge in [0.1, 0.15) is 17.6 Å². The first kappa shape index (κ1) is 17.4. The van der Waals surface area contributed by atoms with E-state index >= 15 is 0 Å². The summed E-state index contributed by atoms with van der Waals surface area (Å²) in [6, 6.07) is 0. The van der Waals surface area contributed by atoms with Crippen LogP contribution < -0.4 is 0 Å². The van der Waals surface area contributed by atoms with E-state index in [1.54, 1.807) is 34.6 Å². The highest BCUT2D eigenvalue weighted by Gasteiger charge is 2.28. The van der Waals surface area contributed by atoms with E-state index in [-0.39, 0.29) is 11.6 Å². The van der Waals surface area contributed by atoms with Crippen LogP contribution in [-0.2, 0) is 19.1 Å². The van der Waals surface area contributed by atoms with Gasteiger partial charge in [0.15, 0.2) is 0 Å². The molecule has 0 aromatic carbocycles. The lowest BCUT2D eigenvalue weighted by molar-refractivity contribution is -0.154. The third-order valence-corrected chi connectivity index (χ3v) is 2.76. The molecule has 0 aromatic heterocycles. The van der Waals surface area contributed by atoms with Crippen LogP contribution in [0.1, 0.15) is 34.6 Å². The van der Waals surface area contributed by atoms with E-state index in [1.165, 1.54) is 7.05 Å². The summed E-state index contributed by atoms with van der Waals surface area (Å²) >= 11 is 0. The van der Waals surface area contributed by atoms with E-state index in [9.17, 15) is 14.4 Å². The first-order valence-electron chi connectivity index (χ1n) is 6.16. The van der Waals surface area contributed by atoms with Crippen molar-refractivity contribution in [3.63, 3.8) is 0 Å². The minimum absolute atomic E-state index is 0.0372. The Balaban J connectivity index is 4.78. The van der Waals surface area contributed by atoms with E-state index < -0.39 is 23.4 Å². The molecule has 0 aliphatic carbocycles. The Hall–Kier alpha value is -1.65. The summed E-state index contributed by atoms with van der Waals surface area (Å²) in [5.74, 6) is -1.91. The first-order chi connectivity index (χ1) is 8.51. The van der Waals surface area contributed by atoms with Crippen LogP contribution in [0.15, 0.2) is 12.3 Å². The number of likely N-dealkylation sites (N-methyl/N-ethyl adjacent to an activating group) is 1. The zero-order valence-corrected chi connectivity index (χ0v) is 12.5. The molecule has 5 nitrogen and oxygen atoms in total. The lowest BCUT2D eigenvalue weighted by Crippen LogP contribution is -2.38. The van der Waals surface area contributed by atoms with Crippen LogP contribution in [-0.4, -0.2) is 35.7 Å². The van der Waals surface area contributed by atoms with Crippen molar-refractivity contribution in [1.29, 1.82) is 0 Å². The van der Waals surface area contributed by atoms with E-state index in [2.05, 4.69) is 6.58 Å². The molecule has 2 atom stereocenters. The molecule has 0 rings (SSSR count). The molecule has 2 unspecified atom stereocenters. The quantitative estimate of drug-likeness (QED) is 0.433. The van der Waals surface area contributed by atoms with E-state index in [0.717, 1.165) is 4.90 Å². The third-order valence-electron chi connectivity index (χ3n) is 2.76. The Kier molecular flexibility index (Phi) is 5.93. The van der Waals surface area contributed by atoms with Gasteiger partial charge in [-0.1, -0.05) is 20.4 Å². The number of carbonyl (C=O) groups is 3. The van der Waals surface area contributed by atoms with Crippen molar-refractivity contribution < 1.29 is 19.1 Å². The SMILES string of the molecule is C=C(C(=O)OC(C)(C)C)N(C)C(=O)C(C)C(C)C=O. The maximum atomic E-state index is 12.1. The lowest BCUT2D eigenvalue weighted by Gasteiger charge is -2.26. The fourth-order valence-corrected chi connectivity index (χ4v) is 1.26. The number of hydrogen-bond acceptors (Lipinski definition) is 4. The van der Waals surface area contributed by atoms with Crippen LogP contribution in [0.3, 0.4) is 0 Å². The number of aldehydes is 1. The van der Waals surface area contributed by atoms with Crippen molar-refractivity contribution >= 4 is 18.2 Å². The Morgan fingerprint density at radius 2 is 1.74 bits per heavy atom. The second-order valence-corrected chi connectivity index (χ2v) is 5.63. The molecule has 5 heteroatoms. The van der Waals surface area contributed by atoms with Gasteiger partial charge in [0.2, 0.25) is 5.91 Å². The van der Waals surface area contributed by atoms with E-state index in [4.69, 9.17) is 4.74 Å². The predicted molar refractivity (Wildman–Crippen MR) is 72.1 cm³/mol. The number of ether oxygens (including phenoxy) is 1. The van der Waals surface area contributed by atoms with Crippen molar-refractivity contribution in [2.45, 2.75) is 40.2 Å². The molecule has 0 aliphatic rings. The van der Waals surface area contributed by atoms with Crippen LogP contribution in [0.25, 0.3) is 0 Å². The molecule has 19 heavy (non-hydrogen) atoms. The minimum atomic E-state index is -0.647. The molecule has 0 spiro atoms. The summed E-state index contributed by atoms with van der Waals surface area (Å²) in [4.78, 5) is 35.7. The smallest absolute Gasteiger partial charge is 0.354 e. The summed E-state index contributed by atoms with van der Waals surface area (Å²) in [6.45, 7) is 12.1. The molecule has 0 saturated carbocycles. The maximum Gasteiger partial charge on any atom is 0.354 e. The molecular weight excluding hydrogens is 246 g/mol. The monoisotopic (exact) mass is 269 g/mol. The van der Waals surface area contributed by atoms with Crippen molar-refractivity contribution in [3.05, 3.63) is 12.3 Å². The van der Waals surface area contributed by atoms with Gasteiger partial charge in [0.05, 0.1) is 0 Å². The number of hydrogen-bond donors (Lipinski definition) is 0. The first-order valence-corrected chi connectivity index (χ1v) is 6.16. The molecule has 1 amide bonds. The molecule has 0 aliphatic heterocycles. The predicted octanol–water partition coefficient (Wildman–Crippen LogP) is 1.77. The Morgan fingerprint density at radius 3 is 2.11 bits per heavy atom. The van der Waals surface area contributed by atoms with Gasteiger partial charge in [-0.25, -0.2) is 4.79 Å². The Bertz CT molecular complexity index is 381.